The van der Waals surface area contributed by atoms with Crippen LogP contribution in [0.3, 0.4) is 0 Å². The Morgan fingerprint density at radius 3 is 2.50 bits per heavy atom. The standard InChI is InChI=1S/C13H22N4O/c1-7-11(8(2)17(5)16-7)12(18)15-10-6-9(14)13(10,3)4/h9-10H,6,14H2,1-5H3,(H,15,18). The lowest BCUT2D eigenvalue weighted by Gasteiger charge is -2.50. The van der Waals surface area contributed by atoms with Gasteiger partial charge in [-0.3, -0.25) is 9.48 Å². The lowest BCUT2D eigenvalue weighted by molar-refractivity contribution is 0.0586. The van der Waals surface area contributed by atoms with E-state index in [0.717, 1.165) is 17.8 Å². The molecule has 1 saturated carbocycles. The Kier molecular flexibility index (Phi) is 2.97. The second kappa shape index (κ2) is 4.09. The Hall–Kier alpha value is -1.36. The number of nitrogens with two attached hydrogens (primary N) is 1. The third-order valence-corrected chi connectivity index (χ3v) is 4.38. The predicted octanol–water partition coefficient (Wildman–Crippen LogP) is 0.893. The number of rotatable bonds is 2. The van der Waals surface area contributed by atoms with Crippen LogP contribution in [0.5, 0.6) is 0 Å². The summed E-state index contributed by atoms with van der Waals surface area (Å²) in [6.07, 6.45) is 0.844. The van der Waals surface area contributed by atoms with E-state index in [-0.39, 0.29) is 23.4 Å². The molecule has 2 atom stereocenters. The molecule has 3 N–H and O–H groups in total. The van der Waals surface area contributed by atoms with Crippen LogP contribution >= 0.6 is 0 Å². The number of aryl methyl sites for hydroxylation is 2. The molecule has 5 nitrogen and oxygen atoms in total. The Labute approximate surface area is 108 Å². The van der Waals surface area contributed by atoms with Gasteiger partial charge in [-0.2, -0.15) is 5.10 Å². The number of carbonyl (C=O) groups excluding carboxylic acids is 1. The minimum Gasteiger partial charge on any atom is -0.349 e. The maximum absolute atomic E-state index is 12.3. The van der Waals surface area contributed by atoms with Crippen LogP contribution in [0.2, 0.25) is 0 Å². The molecule has 5 heteroatoms. The lowest BCUT2D eigenvalue weighted by Crippen LogP contribution is -2.64. The Morgan fingerprint density at radius 2 is 2.11 bits per heavy atom. The summed E-state index contributed by atoms with van der Waals surface area (Å²) < 4.78 is 1.74. The first-order valence-corrected chi connectivity index (χ1v) is 6.31. The summed E-state index contributed by atoms with van der Waals surface area (Å²) >= 11 is 0. The average molecular weight is 250 g/mol. The highest BCUT2D eigenvalue weighted by atomic mass is 16.1. The molecule has 2 unspecified atom stereocenters. The van der Waals surface area contributed by atoms with Gasteiger partial charge in [-0.25, -0.2) is 0 Å². The van der Waals surface area contributed by atoms with Crippen LogP contribution in [-0.4, -0.2) is 27.8 Å². The van der Waals surface area contributed by atoms with E-state index in [1.807, 2.05) is 20.9 Å². The molecule has 0 spiro atoms. The van der Waals surface area contributed by atoms with Crippen molar-refractivity contribution in [1.29, 1.82) is 0 Å². The van der Waals surface area contributed by atoms with Crippen LogP contribution in [0.4, 0.5) is 0 Å². The molecule has 1 aliphatic carbocycles. The maximum Gasteiger partial charge on any atom is 0.255 e. The first-order valence-electron chi connectivity index (χ1n) is 6.31. The molecule has 1 aromatic heterocycles. The third kappa shape index (κ3) is 1.82. The van der Waals surface area contributed by atoms with Crippen molar-refractivity contribution in [3.8, 4) is 0 Å². The highest BCUT2D eigenvalue weighted by Gasteiger charge is 2.46. The second-order valence-corrected chi connectivity index (χ2v) is 5.86. The van der Waals surface area contributed by atoms with Gasteiger partial charge in [-0.1, -0.05) is 13.8 Å². The molecule has 0 radical (unpaired) electrons. The van der Waals surface area contributed by atoms with Crippen molar-refractivity contribution in [2.75, 3.05) is 0 Å². The van der Waals surface area contributed by atoms with Gasteiger partial charge in [0, 0.05) is 30.2 Å². The molecule has 0 saturated heterocycles. The van der Waals surface area contributed by atoms with E-state index >= 15 is 0 Å². The third-order valence-electron chi connectivity index (χ3n) is 4.38. The Bertz CT molecular complexity index is 489. The SMILES string of the molecule is Cc1nn(C)c(C)c1C(=O)NC1CC(N)C1(C)C. The lowest BCUT2D eigenvalue weighted by atomic mass is 9.63. The summed E-state index contributed by atoms with van der Waals surface area (Å²) in [6.45, 7) is 7.95. The molecule has 1 fully saturated rings. The van der Waals surface area contributed by atoms with Gasteiger partial charge in [0.25, 0.3) is 5.91 Å². The highest BCUT2D eigenvalue weighted by Crippen LogP contribution is 2.39. The number of hydrogen-bond acceptors (Lipinski definition) is 3. The van der Waals surface area contributed by atoms with E-state index in [1.54, 1.807) is 4.68 Å². The molecular formula is C13H22N4O. The summed E-state index contributed by atoms with van der Waals surface area (Å²) in [6, 6.07) is 0.317. The maximum atomic E-state index is 12.3. The van der Waals surface area contributed by atoms with E-state index in [0.29, 0.717) is 5.56 Å². The molecular weight excluding hydrogens is 228 g/mol. The van der Waals surface area contributed by atoms with Crippen molar-refractivity contribution in [3.63, 3.8) is 0 Å². The minimum absolute atomic E-state index is 0.0281. The van der Waals surface area contributed by atoms with Crippen LogP contribution in [0.25, 0.3) is 0 Å². The molecule has 1 aromatic rings. The fraction of sp³-hybridized carbons (Fsp3) is 0.692. The fourth-order valence-electron chi connectivity index (χ4n) is 2.54. The summed E-state index contributed by atoms with van der Waals surface area (Å²) in [5, 5.41) is 7.34. The van der Waals surface area contributed by atoms with E-state index in [9.17, 15) is 4.79 Å². The number of aromatic nitrogens is 2. The molecule has 18 heavy (non-hydrogen) atoms. The van der Waals surface area contributed by atoms with E-state index < -0.39 is 0 Å². The quantitative estimate of drug-likeness (QED) is 0.819. The van der Waals surface area contributed by atoms with Gasteiger partial charge < -0.3 is 11.1 Å². The number of nitrogens with zero attached hydrogens (tertiary/aromatic N) is 2. The highest BCUT2D eigenvalue weighted by molar-refractivity contribution is 5.96. The van der Waals surface area contributed by atoms with Crippen LogP contribution in [0.15, 0.2) is 0 Å². The zero-order valence-corrected chi connectivity index (χ0v) is 11.7. The summed E-state index contributed by atoms with van der Waals surface area (Å²) in [5.74, 6) is -0.0388. The first-order chi connectivity index (χ1) is 8.25. The van der Waals surface area contributed by atoms with Crippen molar-refractivity contribution >= 4 is 5.91 Å². The molecule has 0 aromatic carbocycles. The minimum atomic E-state index is -0.0388. The van der Waals surface area contributed by atoms with Gasteiger partial charge in [-0.05, 0) is 20.3 Å². The predicted molar refractivity (Wildman–Crippen MR) is 70.3 cm³/mol. The smallest absolute Gasteiger partial charge is 0.255 e. The Balaban J connectivity index is 2.14. The van der Waals surface area contributed by atoms with E-state index in [4.69, 9.17) is 5.73 Å². The molecule has 1 heterocycles. The van der Waals surface area contributed by atoms with Gasteiger partial charge in [0.2, 0.25) is 0 Å². The van der Waals surface area contributed by atoms with Crippen LogP contribution in [0.1, 0.15) is 42.0 Å². The largest absolute Gasteiger partial charge is 0.349 e. The fourth-order valence-corrected chi connectivity index (χ4v) is 2.54. The van der Waals surface area contributed by atoms with Crippen molar-refractivity contribution in [3.05, 3.63) is 17.0 Å². The molecule has 1 aliphatic rings. The van der Waals surface area contributed by atoms with Crippen molar-refractivity contribution in [2.45, 2.75) is 46.2 Å². The van der Waals surface area contributed by atoms with E-state index in [1.165, 1.54) is 0 Å². The normalized spacial score (nSPS) is 25.7. The van der Waals surface area contributed by atoms with Crippen molar-refractivity contribution < 1.29 is 4.79 Å². The van der Waals surface area contributed by atoms with Crippen LogP contribution < -0.4 is 11.1 Å². The number of amides is 1. The summed E-state index contributed by atoms with van der Waals surface area (Å²) in [7, 11) is 1.85. The Morgan fingerprint density at radius 1 is 1.50 bits per heavy atom. The summed E-state index contributed by atoms with van der Waals surface area (Å²) in [4.78, 5) is 12.3. The second-order valence-electron chi connectivity index (χ2n) is 5.86. The molecule has 100 valence electrons. The zero-order valence-electron chi connectivity index (χ0n) is 11.7. The number of hydrogen-bond donors (Lipinski definition) is 2. The van der Waals surface area contributed by atoms with Gasteiger partial charge in [0.15, 0.2) is 0 Å². The van der Waals surface area contributed by atoms with Gasteiger partial charge >= 0.3 is 0 Å². The van der Waals surface area contributed by atoms with Gasteiger partial charge in [0.05, 0.1) is 11.3 Å². The first kappa shape index (κ1) is 13.1. The zero-order chi connectivity index (χ0) is 13.7. The van der Waals surface area contributed by atoms with Gasteiger partial charge in [-0.15, -0.1) is 0 Å². The molecule has 0 aliphatic heterocycles. The van der Waals surface area contributed by atoms with Crippen molar-refractivity contribution in [1.82, 2.24) is 15.1 Å². The molecule has 0 bridgehead atoms. The number of nitrogens with one attached hydrogen (secondary N) is 1. The molecule has 1 amide bonds. The van der Waals surface area contributed by atoms with Crippen LogP contribution in [0, 0.1) is 19.3 Å². The van der Waals surface area contributed by atoms with E-state index in [2.05, 4.69) is 24.3 Å². The van der Waals surface area contributed by atoms with Gasteiger partial charge in [0.1, 0.15) is 0 Å². The average Bonchev–Trinajstić information content (AvgIpc) is 2.52. The molecule has 2 rings (SSSR count). The van der Waals surface area contributed by atoms with Crippen molar-refractivity contribution in [2.24, 2.45) is 18.2 Å². The summed E-state index contributed by atoms with van der Waals surface area (Å²) in [5.41, 5.74) is 8.28. The number of carbonyl (C=O) groups is 1. The monoisotopic (exact) mass is 250 g/mol. The topological polar surface area (TPSA) is 72.9 Å². The van der Waals surface area contributed by atoms with Crippen LogP contribution in [-0.2, 0) is 7.05 Å².